The van der Waals surface area contributed by atoms with Crippen molar-refractivity contribution in [3.8, 4) is 0 Å². The zero-order valence-corrected chi connectivity index (χ0v) is 23.7. The quantitative estimate of drug-likeness (QED) is 0.166. The number of rotatable bonds is 11. The third kappa shape index (κ3) is 7.11. The fraction of sp³-hybridized carbons (Fsp3) is 0.333. The zero-order valence-electron chi connectivity index (χ0n) is 19.0. The van der Waals surface area contributed by atoms with Crippen LogP contribution in [0.5, 0.6) is 0 Å². The molecule has 6 nitrogen and oxygen atoms in total. The van der Waals surface area contributed by atoms with Gasteiger partial charge in [-0.25, -0.2) is 9.97 Å². The molecule has 4 aromatic rings. The van der Waals surface area contributed by atoms with Gasteiger partial charge in [-0.3, -0.25) is 9.59 Å². The minimum Gasteiger partial charge on any atom is -0.335 e. The van der Waals surface area contributed by atoms with Crippen LogP contribution in [-0.4, -0.2) is 41.7 Å². The predicted octanol–water partition coefficient (Wildman–Crippen LogP) is 8.84. The van der Waals surface area contributed by atoms with Crippen LogP contribution >= 0.6 is 69.9 Å². The van der Waals surface area contributed by atoms with Gasteiger partial charge in [0.1, 0.15) is 0 Å². The molecule has 190 valence electrons. The highest BCUT2D eigenvalue weighted by Crippen LogP contribution is 2.28. The van der Waals surface area contributed by atoms with Crippen LogP contribution in [0.4, 0.5) is 0 Å². The van der Waals surface area contributed by atoms with Crippen molar-refractivity contribution in [2.45, 2.75) is 38.5 Å². The molecule has 2 heterocycles. The molecule has 0 aliphatic heterocycles. The highest BCUT2D eigenvalue weighted by atomic mass is 35.5. The number of imidazole rings is 2. The number of thioether (sulfide) groups is 2. The average molecular weight is 604 g/mol. The second kappa shape index (κ2) is 12.9. The Hall–Kier alpha value is -1.42. The first-order valence-electron chi connectivity index (χ1n) is 11.4. The number of nitrogens with zero attached hydrogens (tertiary/aromatic N) is 2. The molecule has 0 unspecified atom stereocenters. The number of hydrogen-bond donors (Lipinski definition) is 2. The van der Waals surface area contributed by atoms with Gasteiger partial charge in [0, 0.05) is 11.5 Å². The summed E-state index contributed by atoms with van der Waals surface area (Å²) in [7, 11) is 0. The van der Waals surface area contributed by atoms with Gasteiger partial charge in [0.2, 0.25) is 0 Å². The van der Waals surface area contributed by atoms with Crippen LogP contribution in [0.1, 0.15) is 59.8 Å². The van der Waals surface area contributed by atoms with Gasteiger partial charge in [-0.1, -0.05) is 95.6 Å². The number of aromatic nitrogens is 4. The molecule has 0 saturated carbocycles. The highest BCUT2D eigenvalue weighted by molar-refractivity contribution is 8.14. The van der Waals surface area contributed by atoms with Crippen molar-refractivity contribution in [2.75, 3.05) is 11.5 Å². The van der Waals surface area contributed by atoms with Crippen LogP contribution in [0.25, 0.3) is 22.1 Å². The second-order valence-electron chi connectivity index (χ2n) is 8.13. The first-order chi connectivity index (χ1) is 17.3. The lowest BCUT2D eigenvalue weighted by atomic mass is 10.1. The van der Waals surface area contributed by atoms with Gasteiger partial charge in [-0.15, -0.1) is 0 Å². The average Bonchev–Trinajstić information content (AvgIpc) is 3.44. The smallest absolute Gasteiger partial charge is 0.254 e. The lowest BCUT2D eigenvalue weighted by molar-refractivity contribution is 0.107. The van der Waals surface area contributed by atoms with Gasteiger partial charge in [0.25, 0.3) is 10.2 Å². The van der Waals surface area contributed by atoms with Crippen LogP contribution in [-0.2, 0) is 0 Å². The number of carbonyl (C=O) groups excluding carboxylic acids is 2. The Bertz CT molecular complexity index is 1220. The summed E-state index contributed by atoms with van der Waals surface area (Å²) < 4.78 is 0. The summed E-state index contributed by atoms with van der Waals surface area (Å²) in [5.74, 6) is 2.12. The summed E-state index contributed by atoms with van der Waals surface area (Å²) in [6, 6.07) is 6.65. The Labute approximate surface area is 236 Å². The van der Waals surface area contributed by atoms with Crippen LogP contribution in [0.3, 0.4) is 0 Å². The molecule has 4 rings (SSSR count). The van der Waals surface area contributed by atoms with Crippen molar-refractivity contribution in [1.29, 1.82) is 0 Å². The molecule has 0 amide bonds. The maximum atomic E-state index is 12.4. The van der Waals surface area contributed by atoms with Gasteiger partial charge in [-0.05, 0) is 37.1 Å². The molecule has 36 heavy (non-hydrogen) atoms. The van der Waals surface area contributed by atoms with E-state index in [2.05, 4.69) is 19.9 Å². The van der Waals surface area contributed by atoms with Crippen LogP contribution in [0, 0.1) is 0 Å². The Morgan fingerprint density at radius 1 is 0.611 bits per heavy atom. The maximum absolute atomic E-state index is 12.4. The molecule has 0 atom stereocenters. The molecule has 2 aromatic carbocycles. The molecule has 12 heteroatoms. The van der Waals surface area contributed by atoms with E-state index in [-0.39, 0.29) is 10.2 Å². The number of carbonyl (C=O) groups is 2. The third-order valence-electron chi connectivity index (χ3n) is 5.44. The Kier molecular flexibility index (Phi) is 9.89. The number of fused-ring (bicyclic) bond motifs is 2. The standard InChI is InChI=1S/C24H22Cl4N4O2S2/c25-13-9-17-18(10-14(13)26)30-21(29-17)23(33)35-7-5-3-1-2-4-6-8-36-24(34)22-31-19-11-15(27)16(28)12-20(19)32-22/h9-12H,1-8H2,(H,29,30)(H,31,32). The molecule has 2 aromatic heterocycles. The molecule has 0 bridgehead atoms. The van der Waals surface area contributed by atoms with E-state index in [0.717, 1.165) is 50.0 Å². The Morgan fingerprint density at radius 3 is 1.39 bits per heavy atom. The SMILES string of the molecule is O=C(SCCCCCCCCSC(=O)c1nc2cc(Cl)c(Cl)cc2[nH]1)c1nc2cc(Cl)c(Cl)cc2[nH]1. The van der Waals surface area contributed by atoms with Crippen molar-refractivity contribution in [3.05, 3.63) is 56.0 Å². The van der Waals surface area contributed by atoms with Gasteiger partial charge in [-0.2, -0.15) is 0 Å². The van der Waals surface area contributed by atoms with Crippen LogP contribution < -0.4 is 0 Å². The normalized spacial score (nSPS) is 11.6. The summed E-state index contributed by atoms with van der Waals surface area (Å²) in [6.45, 7) is 0. The zero-order chi connectivity index (χ0) is 25.7. The first-order valence-corrected chi connectivity index (χ1v) is 14.8. The number of benzene rings is 2. The van der Waals surface area contributed by atoms with Crippen LogP contribution in [0.2, 0.25) is 20.1 Å². The number of halogens is 4. The van der Waals surface area contributed by atoms with Gasteiger partial charge in [0.15, 0.2) is 11.6 Å². The van der Waals surface area contributed by atoms with Crippen LogP contribution in [0.15, 0.2) is 24.3 Å². The Balaban J connectivity index is 1.07. The third-order valence-corrected chi connectivity index (χ3v) is 8.78. The molecule has 0 fully saturated rings. The molecule has 0 aliphatic rings. The number of H-pyrrole nitrogens is 2. The minimum atomic E-state index is -0.0872. The molecule has 0 radical (unpaired) electrons. The molecule has 0 spiro atoms. The van der Waals surface area contributed by atoms with E-state index in [4.69, 9.17) is 46.4 Å². The summed E-state index contributed by atoms with van der Waals surface area (Å²) in [6.07, 6.45) is 6.23. The first kappa shape index (κ1) is 27.6. The predicted molar refractivity (Wildman–Crippen MR) is 154 cm³/mol. The minimum absolute atomic E-state index is 0.0872. The lowest BCUT2D eigenvalue weighted by Crippen LogP contribution is -1.98. The summed E-state index contributed by atoms with van der Waals surface area (Å²) in [4.78, 5) is 39.4. The van der Waals surface area contributed by atoms with E-state index in [1.54, 1.807) is 24.3 Å². The van der Waals surface area contributed by atoms with Gasteiger partial charge >= 0.3 is 0 Å². The van der Waals surface area contributed by atoms with Gasteiger partial charge in [0.05, 0.1) is 42.2 Å². The van der Waals surface area contributed by atoms with E-state index in [0.29, 0.717) is 53.8 Å². The number of nitrogens with one attached hydrogen (secondary N) is 2. The van der Waals surface area contributed by atoms with Crippen molar-refractivity contribution < 1.29 is 9.59 Å². The second-order valence-corrected chi connectivity index (χ2v) is 11.9. The topological polar surface area (TPSA) is 91.5 Å². The number of unbranched alkanes of at least 4 members (excludes halogenated alkanes) is 5. The van der Waals surface area contributed by atoms with E-state index in [1.165, 1.54) is 23.5 Å². The van der Waals surface area contributed by atoms with E-state index < -0.39 is 0 Å². The number of aromatic amines is 2. The van der Waals surface area contributed by atoms with Crippen molar-refractivity contribution in [2.24, 2.45) is 0 Å². The maximum Gasteiger partial charge on any atom is 0.254 e. The molecule has 2 N–H and O–H groups in total. The van der Waals surface area contributed by atoms with Crippen molar-refractivity contribution in [3.63, 3.8) is 0 Å². The van der Waals surface area contributed by atoms with Crippen molar-refractivity contribution >= 4 is 102 Å². The largest absolute Gasteiger partial charge is 0.335 e. The summed E-state index contributed by atoms with van der Waals surface area (Å²) >= 11 is 26.6. The molecule has 0 aliphatic carbocycles. The fourth-order valence-corrected chi connectivity index (χ4v) is 5.76. The Morgan fingerprint density at radius 2 is 0.972 bits per heavy atom. The van der Waals surface area contributed by atoms with E-state index in [1.807, 2.05) is 0 Å². The highest BCUT2D eigenvalue weighted by Gasteiger charge is 2.15. The number of hydrogen-bond acceptors (Lipinski definition) is 6. The van der Waals surface area contributed by atoms with E-state index in [9.17, 15) is 9.59 Å². The van der Waals surface area contributed by atoms with Crippen molar-refractivity contribution in [1.82, 2.24) is 19.9 Å². The molecular weight excluding hydrogens is 582 g/mol. The monoisotopic (exact) mass is 602 g/mol. The summed E-state index contributed by atoms with van der Waals surface area (Å²) in [5, 5.41) is 1.50. The molecule has 0 saturated heterocycles. The fourth-order valence-electron chi connectivity index (χ4n) is 3.58. The van der Waals surface area contributed by atoms with Gasteiger partial charge < -0.3 is 9.97 Å². The summed E-state index contributed by atoms with van der Waals surface area (Å²) in [5.41, 5.74) is 2.64. The lowest BCUT2D eigenvalue weighted by Gasteiger charge is -2.02. The van der Waals surface area contributed by atoms with E-state index >= 15 is 0 Å². The molecular formula is C24H22Cl4N4O2S2.